The predicted octanol–water partition coefficient (Wildman–Crippen LogP) is 1.97. The Balaban J connectivity index is 2.08. The van der Waals surface area contributed by atoms with E-state index in [1.54, 1.807) is 0 Å². The molecule has 3 rings (SSSR count). The second-order valence-corrected chi connectivity index (χ2v) is 5.34. The van der Waals surface area contributed by atoms with Gasteiger partial charge in [-0.2, -0.15) is 0 Å². The van der Waals surface area contributed by atoms with Crippen molar-refractivity contribution in [3.05, 3.63) is 0 Å². The molecule has 3 aliphatic rings. The molecule has 0 aromatic heterocycles. The van der Waals surface area contributed by atoms with Crippen LogP contribution in [0.15, 0.2) is 0 Å². The highest BCUT2D eigenvalue weighted by Crippen LogP contribution is 2.58. The smallest absolute Gasteiger partial charge is 0.311 e. The molecular formula is C12H18O4. The monoisotopic (exact) mass is 226 g/mol. The van der Waals surface area contributed by atoms with Crippen LogP contribution < -0.4 is 0 Å². The minimum atomic E-state index is -0.715. The molecule has 3 fully saturated rings. The van der Waals surface area contributed by atoms with Gasteiger partial charge in [0.1, 0.15) is 0 Å². The number of methoxy groups -OCH3 is 1. The lowest BCUT2D eigenvalue weighted by Gasteiger charge is -2.51. The first-order valence-corrected chi connectivity index (χ1v) is 5.82. The number of carboxylic acid groups (broad SMARTS) is 1. The average Bonchev–Trinajstić information content (AvgIpc) is 2.29. The maximum atomic E-state index is 11.7. The number of carbonyl (C=O) groups is 2. The lowest BCUT2D eigenvalue weighted by molar-refractivity contribution is -0.164. The average molecular weight is 226 g/mol. The van der Waals surface area contributed by atoms with Crippen molar-refractivity contribution in [1.82, 2.24) is 0 Å². The number of fused-ring (bicyclic) bond motifs is 3. The van der Waals surface area contributed by atoms with Gasteiger partial charge in [-0.1, -0.05) is 0 Å². The van der Waals surface area contributed by atoms with E-state index in [9.17, 15) is 9.59 Å². The summed E-state index contributed by atoms with van der Waals surface area (Å²) < 4.78 is 4.87. The van der Waals surface area contributed by atoms with Gasteiger partial charge in [-0.05, 0) is 43.9 Å². The largest absolute Gasteiger partial charge is 0.481 e. The van der Waals surface area contributed by atoms with Crippen LogP contribution in [-0.2, 0) is 14.3 Å². The van der Waals surface area contributed by atoms with Crippen LogP contribution in [0.3, 0.4) is 0 Å². The molecule has 0 aromatic rings. The van der Waals surface area contributed by atoms with Crippen LogP contribution in [-0.4, -0.2) is 24.2 Å². The Bertz CT molecular complexity index is 296. The number of carbonyl (C=O) groups excluding carboxylic acids is 1. The van der Waals surface area contributed by atoms with Crippen LogP contribution in [0.4, 0.5) is 0 Å². The summed E-state index contributed by atoms with van der Waals surface area (Å²) >= 11 is 0. The number of carboxylic acids is 1. The maximum Gasteiger partial charge on any atom is 0.311 e. The molecule has 4 heteroatoms. The van der Waals surface area contributed by atoms with Gasteiger partial charge in [0.05, 0.1) is 18.9 Å². The molecule has 1 N–H and O–H groups in total. The van der Waals surface area contributed by atoms with Crippen molar-refractivity contribution in [3.63, 3.8) is 0 Å². The lowest BCUT2D eigenvalue weighted by atomic mass is 9.53. The van der Waals surface area contributed by atoms with Gasteiger partial charge < -0.3 is 9.84 Å². The van der Waals surface area contributed by atoms with Crippen LogP contribution in [0, 0.1) is 10.8 Å². The Labute approximate surface area is 95.0 Å². The first-order valence-electron chi connectivity index (χ1n) is 5.82. The number of hydrogen-bond acceptors (Lipinski definition) is 3. The van der Waals surface area contributed by atoms with Gasteiger partial charge >= 0.3 is 11.9 Å². The van der Waals surface area contributed by atoms with Crippen LogP contribution in [0.1, 0.15) is 44.9 Å². The highest BCUT2D eigenvalue weighted by molar-refractivity contribution is 5.77. The highest BCUT2D eigenvalue weighted by Gasteiger charge is 2.53. The molecule has 16 heavy (non-hydrogen) atoms. The van der Waals surface area contributed by atoms with Gasteiger partial charge in [0.2, 0.25) is 0 Å². The third-order valence-corrected chi connectivity index (χ3v) is 4.55. The lowest BCUT2D eigenvalue weighted by Crippen LogP contribution is -2.47. The summed E-state index contributed by atoms with van der Waals surface area (Å²) in [6.07, 6.45) is 5.22. The number of aliphatic carboxylic acids is 1. The number of hydrogen-bond donors (Lipinski definition) is 1. The van der Waals surface area contributed by atoms with E-state index < -0.39 is 5.97 Å². The summed E-state index contributed by atoms with van der Waals surface area (Å²) in [5, 5.41) is 8.91. The van der Waals surface area contributed by atoms with Crippen molar-refractivity contribution in [2.45, 2.75) is 44.9 Å². The van der Waals surface area contributed by atoms with Crippen LogP contribution in [0.25, 0.3) is 0 Å². The number of rotatable bonds is 3. The molecule has 2 bridgehead atoms. The predicted molar refractivity (Wildman–Crippen MR) is 56.8 cm³/mol. The van der Waals surface area contributed by atoms with Gasteiger partial charge in [-0.15, -0.1) is 0 Å². The standard InChI is InChI=1S/C12H18O4/c1-16-10(15)12-5-2-11(3-6-12,4-7-12)8-9(13)14/h2-8H2,1H3,(H,13,14). The third kappa shape index (κ3) is 1.70. The van der Waals surface area contributed by atoms with E-state index in [0.29, 0.717) is 0 Å². The molecule has 4 nitrogen and oxygen atoms in total. The van der Waals surface area contributed by atoms with Gasteiger partial charge in [-0.3, -0.25) is 9.59 Å². The zero-order valence-corrected chi connectivity index (χ0v) is 9.62. The SMILES string of the molecule is COC(=O)C12CCC(CC(=O)O)(CC1)CC2. The van der Waals surface area contributed by atoms with E-state index in [1.165, 1.54) is 7.11 Å². The molecule has 0 aromatic carbocycles. The molecule has 0 atom stereocenters. The fourth-order valence-electron chi connectivity index (χ4n) is 3.37. The van der Waals surface area contributed by atoms with Gasteiger partial charge in [0.15, 0.2) is 0 Å². The molecule has 0 radical (unpaired) electrons. The summed E-state index contributed by atoms with van der Waals surface area (Å²) in [5.74, 6) is -0.816. The Kier molecular flexibility index (Phi) is 2.68. The van der Waals surface area contributed by atoms with E-state index in [0.717, 1.165) is 38.5 Å². The zero-order chi connectivity index (χ0) is 11.8. The Morgan fingerprint density at radius 2 is 1.62 bits per heavy atom. The van der Waals surface area contributed by atoms with Crippen molar-refractivity contribution < 1.29 is 19.4 Å². The molecule has 90 valence electrons. The summed E-state index contributed by atoms with van der Waals surface area (Å²) in [6, 6.07) is 0. The number of ether oxygens (including phenoxy) is 1. The highest BCUT2D eigenvalue weighted by atomic mass is 16.5. The Morgan fingerprint density at radius 1 is 1.12 bits per heavy atom. The Morgan fingerprint density at radius 3 is 2.00 bits per heavy atom. The van der Waals surface area contributed by atoms with E-state index >= 15 is 0 Å². The topological polar surface area (TPSA) is 63.6 Å². The molecule has 0 aliphatic heterocycles. The quantitative estimate of drug-likeness (QED) is 0.747. The third-order valence-electron chi connectivity index (χ3n) is 4.55. The fraction of sp³-hybridized carbons (Fsp3) is 0.833. The van der Waals surface area contributed by atoms with E-state index in [1.807, 2.05) is 0 Å². The minimum Gasteiger partial charge on any atom is -0.481 e. The van der Waals surface area contributed by atoms with Gasteiger partial charge in [0, 0.05) is 0 Å². The van der Waals surface area contributed by atoms with Crippen molar-refractivity contribution in [3.8, 4) is 0 Å². The molecule has 0 amide bonds. The van der Waals surface area contributed by atoms with Crippen LogP contribution >= 0.6 is 0 Å². The second kappa shape index (κ2) is 3.75. The summed E-state index contributed by atoms with van der Waals surface area (Å²) in [5.41, 5.74) is -0.337. The molecule has 0 saturated heterocycles. The molecule has 3 saturated carbocycles. The molecular weight excluding hydrogens is 208 g/mol. The maximum absolute atomic E-state index is 11.7. The molecule has 0 unspecified atom stereocenters. The van der Waals surface area contributed by atoms with E-state index in [4.69, 9.17) is 9.84 Å². The summed E-state index contributed by atoms with van der Waals surface area (Å²) in [7, 11) is 1.44. The van der Waals surface area contributed by atoms with Crippen molar-refractivity contribution in [2.75, 3.05) is 7.11 Å². The normalized spacial score (nSPS) is 37.1. The van der Waals surface area contributed by atoms with E-state index in [2.05, 4.69) is 0 Å². The first-order chi connectivity index (χ1) is 7.52. The molecule has 3 aliphatic carbocycles. The van der Waals surface area contributed by atoms with E-state index in [-0.39, 0.29) is 23.2 Å². The van der Waals surface area contributed by atoms with Crippen molar-refractivity contribution in [2.24, 2.45) is 10.8 Å². The van der Waals surface area contributed by atoms with Crippen LogP contribution in [0.2, 0.25) is 0 Å². The summed E-state index contributed by atoms with van der Waals surface area (Å²) in [4.78, 5) is 22.6. The van der Waals surface area contributed by atoms with Gasteiger partial charge in [-0.25, -0.2) is 0 Å². The second-order valence-electron chi connectivity index (χ2n) is 5.34. The number of esters is 1. The minimum absolute atomic E-state index is 0.0401. The van der Waals surface area contributed by atoms with Crippen molar-refractivity contribution >= 4 is 11.9 Å². The summed E-state index contributed by atoms with van der Waals surface area (Å²) in [6.45, 7) is 0. The zero-order valence-electron chi connectivity index (χ0n) is 9.62. The molecule has 0 heterocycles. The van der Waals surface area contributed by atoms with Crippen LogP contribution in [0.5, 0.6) is 0 Å². The van der Waals surface area contributed by atoms with Crippen molar-refractivity contribution in [1.29, 1.82) is 0 Å². The van der Waals surface area contributed by atoms with Gasteiger partial charge in [0.25, 0.3) is 0 Å². The fourth-order valence-corrected chi connectivity index (χ4v) is 3.37. The Hall–Kier alpha value is -1.06. The molecule has 0 spiro atoms. The first kappa shape index (κ1) is 11.4.